The Bertz CT molecular complexity index is 913. The number of carbonyl (C=O) groups is 1. The van der Waals surface area contributed by atoms with Gasteiger partial charge in [0.05, 0.1) is 0 Å². The summed E-state index contributed by atoms with van der Waals surface area (Å²) >= 11 is 0. The van der Waals surface area contributed by atoms with E-state index < -0.39 is 0 Å². The van der Waals surface area contributed by atoms with E-state index in [1.807, 2.05) is 19.2 Å². The van der Waals surface area contributed by atoms with E-state index in [0.717, 1.165) is 55.7 Å². The molecule has 1 fully saturated rings. The van der Waals surface area contributed by atoms with Gasteiger partial charge in [0.25, 0.3) is 5.56 Å². The molecule has 1 aromatic carbocycles. The molecule has 0 aliphatic carbocycles. The second-order valence-corrected chi connectivity index (χ2v) is 7.80. The molecule has 3 heterocycles. The number of ether oxygens (including phenoxy) is 1. The highest BCUT2D eigenvalue weighted by Gasteiger charge is 2.21. The molecule has 2 aliphatic rings. The maximum atomic E-state index is 12.1. The third-order valence-electron chi connectivity index (χ3n) is 5.75. The van der Waals surface area contributed by atoms with Crippen molar-refractivity contribution in [2.24, 2.45) is 13.0 Å². The molecule has 0 saturated carbocycles. The van der Waals surface area contributed by atoms with Crippen LogP contribution in [0, 0.1) is 12.8 Å². The Morgan fingerprint density at radius 2 is 1.93 bits per heavy atom. The number of amides is 1. The van der Waals surface area contributed by atoms with Crippen LogP contribution in [0.5, 0.6) is 0 Å². The molecule has 0 unspecified atom stereocenters. The van der Waals surface area contributed by atoms with Gasteiger partial charge in [-0.15, -0.1) is 0 Å². The fourth-order valence-electron chi connectivity index (χ4n) is 4.20. The summed E-state index contributed by atoms with van der Waals surface area (Å²) in [5.41, 5.74) is 6.38. The van der Waals surface area contributed by atoms with Gasteiger partial charge < -0.3 is 14.6 Å². The Morgan fingerprint density at radius 1 is 1.15 bits per heavy atom. The fourth-order valence-corrected chi connectivity index (χ4v) is 4.20. The predicted octanol–water partition coefficient (Wildman–Crippen LogP) is 3.21. The van der Waals surface area contributed by atoms with E-state index in [1.54, 1.807) is 11.6 Å². The molecule has 5 nitrogen and oxygen atoms in total. The lowest BCUT2D eigenvalue weighted by Crippen LogP contribution is -2.21. The van der Waals surface area contributed by atoms with Crippen LogP contribution >= 0.6 is 0 Å². The lowest BCUT2D eigenvalue weighted by atomic mass is 9.86. The SMILES string of the molecule is Cc1cc(-c2cc3c(cc2CC2CCOCC2)NC(=O)CC3)cn(C)c1=O. The van der Waals surface area contributed by atoms with Crippen molar-refractivity contribution in [3.63, 3.8) is 0 Å². The number of carbonyl (C=O) groups excluding carboxylic acids is 1. The zero-order valence-corrected chi connectivity index (χ0v) is 16.0. The standard InChI is InChI=1S/C22H26N2O3/c1-14-9-18(13-24(2)22(14)26)19-11-16-3-4-21(25)23-20(16)12-17(19)10-15-5-7-27-8-6-15/h9,11-13,15H,3-8,10H2,1-2H3,(H,23,25). The first-order chi connectivity index (χ1) is 13.0. The average molecular weight is 366 g/mol. The summed E-state index contributed by atoms with van der Waals surface area (Å²) in [4.78, 5) is 24.0. The zero-order valence-electron chi connectivity index (χ0n) is 16.0. The highest BCUT2D eigenvalue weighted by Crippen LogP contribution is 2.35. The highest BCUT2D eigenvalue weighted by molar-refractivity contribution is 5.94. The van der Waals surface area contributed by atoms with Crippen LogP contribution in [-0.4, -0.2) is 23.7 Å². The van der Waals surface area contributed by atoms with Crippen LogP contribution in [0.3, 0.4) is 0 Å². The van der Waals surface area contributed by atoms with Crippen molar-refractivity contribution < 1.29 is 9.53 Å². The van der Waals surface area contributed by atoms with E-state index in [4.69, 9.17) is 4.74 Å². The van der Waals surface area contributed by atoms with Crippen molar-refractivity contribution in [2.75, 3.05) is 18.5 Å². The molecule has 5 heteroatoms. The van der Waals surface area contributed by atoms with Gasteiger partial charge in [-0.25, -0.2) is 0 Å². The van der Waals surface area contributed by atoms with E-state index >= 15 is 0 Å². The molecule has 4 rings (SSSR count). The fraction of sp³-hybridized carbons (Fsp3) is 0.455. The summed E-state index contributed by atoms with van der Waals surface area (Å²) < 4.78 is 7.16. The number of hydrogen-bond donors (Lipinski definition) is 1. The Kier molecular flexibility index (Phi) is 4.87. The topological polar surface area (TPSA) is 60.3 Å². The molecule has 142 valence electrons. The maximum absolute atomic E-state index is 12.1. The summed E-state index contributed by atoms with van der Waals surface area (Å²) in [5, 5.41) is 3.03. The quantitative estimate of drug-likeness (QED) is 0.907. The van der Waals surface area contributed by atoms with Gasteiger partial charge in [-0.2, -0.15) is 0 Å². The molecule has 1 amide bonds. The summed E-state index contributed by atoms with van der Waals surface area (Å²) in [6.07, 6.45) is 6.30. The molecule has 1 N–H and O–H groups in total. The third-order valence-corrected chi connectivity index (χ3v) is 5.75. The summed E-state index contributed by atoms with van der Waals surface area (Å²) in [6.45, 7) is 3.50. The van der Waals surface area contributed by atoms with Crippen molar-refractivity contribution in [2.45, 2.75) is 39.0 Å². The number of hydrogen-bond acceptors (Lipinski definition) is 3. The van der Waals surface area contributed by atoms with Gasteiger partial charge in [0.15, 0.2) is 0 Å². The van der Waals surface area contributed by atoms with Crippen molar-refractivity contribution in [1.29, 1.82) is 0 Å². The smallest absolute Gasteiger partial charge is 0.253 e. The van der Waals surface area contributed by atoms with Crippen molar-refractivity contribution in [3.05, 3.63) is 51.4 Å². The van der Waals surface area contributed by atoms with E-state index in [2.05, 4.69) is 17.4 Å². The first-order valence-electron chi connectivity index (χ1n) is 9.72. The van der Waals surface area contributed by atoms with Crippen molar-refractivity contribution >= 4 is 11.6 Å². The molecule has 1 saturated heterocycles. The van der Waals surface area contributed by atoms with Crippen LogP contribution in [0.2, 0.25) is 0 Å². The molecule has 0 radical (unpaired) electrons. The third kappa shape index (κ3) is 3.69. The lowest BCUT2D eigenvalue weighted by molar-refractivity contribution is -0.116. The lowest BCUT2D eigenvalue weighted by Gasteiger charge is -2.25. The van der Waals surface area contributed by atoms with Crippen LogP contribution in [0.1, 0.15) is 36.0 Å². The van der Waals surface area contributed by atoms with Gasteiger partial charge in [-0.3, -0.25) is 9.59 Å². The second kappa shape index (κ2) is 7.31. The number of rotatable bonds is 3. The van der Waals surface area contributed by atoms with Gasteiger partial charge in [0.1, 0.15) is 0 Å². The Morgan fingerprint density at radius 3 is 2.67 bits per heavy atom. The van der Waals surface area contributed by atoms with Gasteiger partial charge in [-0.1, -0.05) is 0 Å². The van der Waals surface area contributed by atoms with Gasteiger partial charge >= 0.3 is 0 Å². The van der Waals surface area contributed by atoms with Crippen molar-refractivity contribution in [1.82, 2.24) is 4.57 Å². The second-order valence-electron chi connectivity index (χ2n) is 7.80. The van der Waals surface area contributed by atoms with Crippen LogP contribution in [0.15, 0.2) is 29.2 Å². The molecule has 0 bridgehead atoms. The first-order valence-corrected chi connectivity index (χ1v) is 9.72. The minimum Gasteiger partial charge on any atom is -0.381 e. The van der Waals surface area contributed by atoms with E-state index in [0.29, 0.717) is 12.3 Å². The number of pyridine rings is 1. The minimum absolute atomic E-state index is 0.0370. The number of aromatic nitrogens is 1. The van der Waals surface area contributed by atoms with E-state index in [-0.39, 0.29) is 11.5 Å². The Hall–Kier alpha value is -2.40. The summed E-state index contributed by atoms with van der Waals surface area (Å²) in [6, 6.07) is 6.35. The number of aryl methyl sites for hydroxylation is 3. The van der Waals surface area contributed by atoms with Crippen LogP contribution in [0.4, 0.5) is 5.69 Å². The van der Waals surface area contributed by atoms with Crippen LogP contribution < -0.4 is 10.9 Å². The number of anilines is 1. The molecule has 2 aliphatic heterocycles. The van der Waals surface area contributed by atoms with Gasteiger partial charge in [-0.05, 0) is 79.0 Å². The average Bonchev–Trinajstić information content (AvgIpc) is 2.66. The predicted molar refractivity (Wildman–Crippen MR) is 106 cm³/mol. The van der Waals surface area contributed by atoms with Gasteiger partial charge in [0, 0.05) is 44.1 Å². The molecule has 1 aromatic heterocycles. The molecular formula is C22H26N2O3. The number of nitrogens with zero attached hydrogens (tertiary/aromatic N) is 1. The molecule has 0 atom stereocenters. The monoisotopic (exact) mass is 366 g/mol. The summed E-state index contributed by atoms with van der Waals surface area (Å²) in [5.74, 6) is 0.675. The van der Waals surface area contributed by atoms with Crippen LogP contribution in [-0.2, 0) is 29.4 Å². The number of fused-ring (bicyclic) bond motifs is 1. The largest absolute Gasteiger partial charge is 0.381 e. The normalized spacial score (nSPS) is 17.5. The first kappa shape index (κ1) is 18.0. The molecule has 0 spiro atoms. The van der Waals surface area contributed by atoms with Gasteiger partial charge in [0.2, 0.25) is 5.91 Å². The Labute approximate surface area is 159 Å². The summed E-state index contributed by atoms with van der Waals surface area (Å²) in [7, 11) is 1.80. The van der Waals surface area contributed by atoms with Crippen LogP contribution in [0.25, 0.3) is 11.1 Å². The van der Waals surface area contributed by atoms with Crippen molar-refractivity contribution in [3.8, 4) is 11.1 Å². The molecule has 27 heavy (non-hydrogen) atoms. The number of benzene rings is 1. The van der Waals surface area contributed by atoms with E-state index in [9.17, 15) is 9.59 Å². The molecular weight excluding hydrogens is 340 g/mol. The highest BCUT2D eigenvalue weighted by atomic mass is 16.5. The zero-order chi connectivity index (χ0) is 19.0. The van der Waals surface area contributed by atoms with E-state index in [1.165, 1.54) is 16.7 Å². The number of nitrogens with one attached hydrogen (secondary N) is 1. The maximum Gasteiger partial charge on any atom is 0.253 e. The Balaban J connectivity index is 1.80. The minimum atomic E-state index is 0.0370. The molecule has 2 aromatic rings.